The van der Waals surface area contributed by atoms with Gasteiger partial charge >= 0.3 is 0 Å². The Morgan fingerprint density at radius 1 is 0.348 bits per heavy atom. The summed E-state index contributed by atoms with van der Waals surface area (Å²) in [5.41, 5.74) is 20.5. The maximum atomic E-state index is 2.50. The second-order valence-electron chi connectivity index (χ2n) is 18.1. The first-order chi connectivity index (χ1) is 34.2. The minimum atomic E-state index is 0.0140. The molecule has 1 atom stereocenters. The van der Waals surface area contributed by atoms with E-state index >= 15 is 0 Å². The van der Waals surface area contributed by atoms with E-state index < -0.39 is 0 Å². The fourth-order valence-corrected chi connectivity index (χ4v) is 11.1. The van der Waals surface area contributed by atoms with E-state index in [9.17, 15) is 0 Å². The molecule has 3 heteroatoms. The first kappa shape index (κ1) is 40.4. The molecule has 0 amide bonds. The molecule has 69 heavy (non-hydrogen) atoms. The van der Waals surface area contributed by atoms with Crippen LogP contribution in [0, 0.1) is 6.92 Å². The molecule has 0 N–H and O–H groups in total. The van der Waals surface area contributed by atoms with E-state index in [1.54, 1.807) is 0 Å². The lowest BCUT2D eigenvalue weighted by atomic mass is 9.77. The molecule has 326 valence electrons. The lowest BCUT2D eigenvalue weighted by molar-refractivity contribution is 0.925. The smallest absolute Gasteiger partial charge is 0.0582 e. The van der Waals surface area contributed by atoms with E-state index in [0.717, 1.165) is 34.1 Å². The Labute approximate surface area is 403 Å². The highest BCUT2D eigenvalue weighted by Gasteiger charge is 2.32. The van der Waals surface area contributed by atoms with Crippen molar-refractivity contribution in [3.05, 3.63) is 283 Å². The van der Waals surface area contributed by atoms with Crippen molar-refractivity contribution in [2.75, 3.05) is 9.80 Å². The van der Waals surface area contributed by atoms with Crippen LogP contribution in [0.4, 0.5) is 34.1 Å². The molecule has 12 aromatic rings. The number of rotatable bonds is 9. The van der Waals surface area contributed by atoms with Crippen LogP contribution < -0.4 is 9.80 Å². The molecule has 0 bridgehead atoms. The summed E-state index contributed by atoms with van der Waals surface area (Å²) in [5.74, 6) is 0.0140. The SMILES string of the molecule is Cc1ccccc1-c1ccc(-c2ccc(N(c3ccc(N(c4ccccc4)c4ccccc4)cc3)c3cccc4ccccc34)cc2)cc1C1c2ccccc2-n2c3ccccc3c3cccc1c32. The van der Waals surface area contributed by atoms with Crippen LogP contribution in [0.1, 0.15) is 28.2 Å². The summed E-state index contributed by atoms with van der Waals surface area (Å²) in [6.45, 7) is 2.23. The third kappa shape index (κ3) is 6.81. The van der Waals surface area contributed by atoms with Gasteiger partial charge < -0.3 is 14.4 Å². The average molecular weight is 882 g/mol. The van der Waals surface area contributed by atoms with Crippen LogP contribution in [-0.4, -0.2) is 4.57 Å². The minimum Gasteiger partial charge on any atom is -0.311 e. The highest BCUT2D eigenvalue weighted by molar-refractivity contribution is 6.11. The van der Waals surface area contributed by atoms with Gasteiger partial charge in [-0.25, -0.2) is 0 Å². The molecule has 0 spiro atoms. The molecule has 0 saturated heterocycles. The molecule has 1 unspecified atom stereocenters. The second-order valence-corrected chi connectivity index (χ2v) is 18.1. The van der Waals surface area contributed by atoms with Gasteiger partial charge in [-0.05, 0) is 142 Å². The van der Waals surface area contributed by atoms with Gasteiger partial charge in [-0.3, -0.25) is 0 Å². The zero-order valence-electron chi connectivity index (χ0n) is 38.2. The third-order valence-electron chi connectivity index (χ3n) is 14.2. The summed E-state index contributed by atoms with van der Waals surface area (Å²) < 4.78 is 2.50. The molecule has 13 rings (SSSR count). The maximum absolute atomic E-state index is 2.50. The number of aromatic nitrogens is 1. The Balaban J connectivity index is 0.948. The monoisotopic (exact) mass is 881 g/mol. The number of nitrogens with zero attached hydrogens (tertiary/aromatic N) is 3. The van der Waals surface area contributed by atoms with E-state index in [4.69, 9.17) is 0 Å². The van der Waals surface area contributed by atoms with Gasteiger partial charge in [0.05, 0.1) is 22.4 Å². The van der Waals surface area contributed by atoms with Crippen molar-refractivity contribution in [2.24, 2.45) is 0 Å². The number of para-hydroxylation sites is 5. The Bertz CT molecular complexity index is 3810. The molecule has 1 aliphatic rings. The van der Waals surface area contributed by atoms with Gasteiger partial charge in [-0.1, -0.05) is 176 Å². The molecule has 1 aromatic heterocycles. The van der Waals surface area contributed by atoms with Crippen molar-refractivity contribution in [1.29, 1.82) is 0 Å². The molecule has 11 aromatic carbocycles. The van der Waals surface area contributed by atoms with Crippen molar-refractivity contribution in [3.63, 3.8) is 0 Å². The maximum Gasteiger partial charge on any atom is 0.0582 e. The Morgan fingerprint density at radius 2 is 0.884 bits per heavy atom. The summed E-state index contributed by atoms with van der Waals surface area (Å²) >= 11 is 0. The molecule has 2 heterocycles. The zero-order chi connectivity index (χ0) is 45.8. The van der Waals surface area contributed by atoms with Gasteiger partial charge in [0.15, 0.2) is 0 Å². The Hall–Kier alpha value is -8.92. The van der Waals surface area contributed by atoms with E-state index in [-0.39, 0.29) is 5.92 Å². The largest absolute Gasteiger partial charge is 0.311 e. The normalized spacial score (nSPS) is 12.9. The van der Waals surface area contributed by atoms with Crippen LogP contribution in [-0.2, 0) is 0 Å². The van der Waals surface area contributed by atoms with E-state index in [0.29, 0.717) is 0 Å². The van der Waals surface area contributed by atoms with Crippen LogP contribution in [0.2, 0.25) is 0 Å². The van der Waals surface area contributed by atoms with Crippen LogP contribution in [0.15, 0.2) is 261 Å². The fourth-order valence-electron chi connectivity index (χ4n) is 11.1. The molecule has 0 saturated carbocycles. The third-order valence-corrected chi connectivity index (χ3v) is 14.2. The lowest BCUT2D eigenvalue weighted by Crippen LogP contribution is -2.15. The second kappa shape index (κ2) is 16.7. The van der Waals surface area contributed by atoms with Crippen molar-refractivity contribution in [1.82, 2.24) is 4.57 Å². The first-order valence-electron chi connectivity index (χ1n) is 23.9. The topological polar surface area (TPSA) is 11.4 Å². The van der Waals surface area contributed by atoms with Gasteiger partial charge in [-0.2, -0.15) is 0 Å². The fraction of sp³-hybridized carbons (Fsp3) is 0.0303. The Kier molecular flexibility index (Phi) is 9.80. The van der Waals surface area contributed by atoms with E-state index in [1.165, 1.54) is 82.8 Å². The number of hydrogen-bond donors (Lipinski definition) is 0. The molecule has 0 aliphatic carbocycles. The summed E-state index contributed by atoms with van der Waals surface area (Å²) in [6, 6.07) is 95.4. The average Bonchev–Trinajstić information content (AvgIpc) is 3.76. The van der Waals surface area contributed by atoms with Crippen LogP contribution in [0.25, 0.3) is 60.5 Å². The van der Waals surface area contributed by atoms with Gasteiger partial charge in [0.1, 0.15) is 0 Å². The number of aryl methyl sites for hydroxylation is 1. The molecule has 1 aliphatic heterocycles. The van der Waals surface area contributed by atoms with Crippen LogP contribution in [0.3, 0.4) is 0 Å². The molecular weight excluding hydrogens is 835 g/mol. The van der Waals surface area contributed by atoms with Crippen molar-refractivity contribution >= 4 is 66.7 Å². The van der Waals surface area contributed by atoms with Crippen molar-refractivity contribution < 1.29 is 0 Å². The van der Waals surface area contributed by atoms with Crippen molar-refractivity contribution in [2.45, 2.75) is 12.8 Å². The molecular formula is C66H47N3. The highest BCUT2D eigenvalue weighted by atomic mass is 15.2. The molecule has 3 nitrogen and oxygen atoms in total. The number of hydrogen-bond acceptors (Lipinski definition) is 2. The summed E-state index contributed by atoms with van der Waals surface area (Å²) in [6.07, 6.45) is 0. The highest BCUT2D eigenvalue weighted by Crippen LogP contribution is 2.50. The lowest BCUT2D eigenvalue weighted by Gasteiger charge is -2.31. The predicted octanol–water partition coefficient (Wildman–Crippen LogP) is 18.0. The van der Waals surface area contributed by atoms with E-state index in [1.807, 2.05) is 0 Å². The quantitative estimate of drug-likeness (QED) is 0.143. The predicted molar refractivity (Wildman–Crippen MR) is 291 cm³/mol. The first-order valence-corrected chi connectivity index (χ1v) is 23.9. The zero-order valence-corrected chi connectivity index (χ0v) is 38.2. The molecule has 0 radical (unpaired) electrons. The number of benzene rings is 11. The number of fused-ring (bicyclic) bond motifs is 6. The van der Waals surface area contributed by atoms with Gasteiger partial charge in [0, 0.05) is 50.5 Å². The van der Waals surface area contributed by atoms with Gasteiger partial charge in [-0.15, -0.1) is 0 Å². The summed E-state index contributed by atoms with van der Waals surface area (Å²) in [4.78, 5) is 4.71. The van der Waals surface area contributed by atoms with Gasteiger partial charge in [0.2, 0.25) is 0 Å². The molecule has 0 fully saturated rings. The minimum absolute atomic E-state index is 0.0140. The van der Waals surface area contributed by atoms with E-state index in [2.05, 4.69) is 282 Å². The standard InChI is InChI=1S/C66H47N3/c1-45-18-8-10-25-54(45)56-43-36-48(44-61(56)65-59-28-13-15-32-64(59)69-63-31-14-12-27-57(63)58-29-17-30-60(65)66(58)69)46-34-37-52(38-35-46)68(62-33-16-20-47-19-9-11-26-55(47)62)53-41-39-51(40-42-53)67(49-21-4-2-5-22-49)50-23-6-3-7-24-50/h2-44,65H,1H3. The summed E-state index contributed by atoms with van der Waals surface area (Å²) in [5, 5.41) is 4.98. The van der Waals surface area contributed by atoms with Crippen LogP contribution >= 0.6 is 0 Å². The van der Waals surface area contributed by atoms with Crippen molar-refractivity contribution in [3.8, 4) is 27.9 Å². The van der Waals surface area contributed by atoms with Crippen LogP contribution in [0.5, 0.6) is 0 Å². The Morgan fingerprint density at radius 3 is 1.64 bits per heavy atom. The van der Waals surface area contributed by atoms with Gasteiger partial charge in [0.25, 0.3) is 0 Å². The number of anilines is 6. The summed E-state index contributed by atoms with van der Waals surface area (Å²) in [7, 11) is 0.